The Morgan fingerprint density at radius 2 is 2.10 bits per heavy atom. The van der Waals surface area contributed by atoms with E-state index in [9.17, 15) is 4.79 Å². The lowest BCUT2D eigenvalue weighted by Gasteiger charge is -2.18. The summed E-state index contributed by atoms with van der Waals surface area (Å²) in [6, 6.07) is 11.6. The van der Waals surface area contributed by atoms with E-state index in [1.54, 1.807) is 24.2 Å². The zero-order chi connectivity index (χ0) is 20.2. The second kappa shape index (κ2) is 8.45. The number of aryl methyl sites for hydroxylation is 1. The first-order chi connectivity index (χ1) is 14.1. The van der Waals surface area contributed by atoms with E-state index in [1.165, 1.54) is 0 Å². The van der Waals surface area contributed by atoms with Crippen LogP contribution in [0.25, 0.3) is 11.3 Å². The molecule has 4 rings (SSSR count). The molecule has 0 spiro atoms. The average molecular weight is 391 g/mol. The summed E-state index contributed by atoms with van der Waals surface area (Å²) in [6.07, 6.45) is 6.76. The Hall–Kier alpha value is -3.19. The maximum absolute atomic E-state index is 12.6. The van der Waals surface area contributed by atoms with E-state index in [1.807, 2.05) is 49.6 Å². The summed E-state index contributed by atoms with van der Waals surface area (Å²) in [4.78, 5) is 19.4. The van der Waals surface area contributed by atoms with Crippen molar-refractivity contribution in [1.29, 1.82) is 0 Å². The van der Waals surface area contributed by atoms with Crippen molar-refractivity contribution >= 4 is 11.6 Å². The standard InChI is InChI=1S/C22H25N5O2/c1-26-14-18(13-25-26)21-17(4-3-10-23-21)12-24-22(28)16-5-7-19(8-6-16)27-11-9-20(15-27)29-2/h3-8,10,13-14,20H,9,11-12,15H2,1-2H3,(H,24,28). The summed E-state index contributed by atoms with van der Waals surface area (Å²) in [7, 11) is 3.62. The summed E-state index contributed by atoms with van der Waals surface area (Å²) in [5.41, 5.74) is 4.48. The number of ether oxygens (including phenoxy) is 1. The molecule has 1 fully saturated rings. The summed E-state index contributed by atoms with van der Waals surface area (Å²) < 4.78 is 7.16. The third-order valence-electron chi connectivity index (χ3n) is 5.28. The Balaban J connectivity index is 1.41. The van der Waals surface area contributed by atoms with E-state index in [2.05, 4.69) is 20.3 Å². The number of hydrogen-bond acceptors (Lipinski definition) is 5. The highest BCUT2D eigenvalue weighted by atomic mass is 16.5. The molecular weight excluding hydrogens is 366 g/mol. The largest absolute Gasteiger partial charge is 0.380 e. The quantitative estimate of drug-likeness (QED) is 0.699. The molecule has 1 aliphatic rings. The molecule has 0 saturated carbocycles. The molecular formula is C22H25N5O2. The fourth-order valence-corrected chi connectivity index (χ4v) is 3.64. The van der Waals surface area contributed by atoms with Gasteiger partial charge in [-0.05, 0) is 42.3 Å². The van der Waals surface area contributed by atoms with Crippen molar-refractivity contribution in [2.45, 2.75) is 19.1 Å². The maximum atomic E-state index is 12.6. The zero-order valence-corrected chi connectivity index (χ0v) is 16.7. The van der Waals surface area contributed by atoms with Crippen LogP contribution in [-0.2, 0) is 18.3 Å². The Morgan fingerprint density at radius 1 is 1.28 bits per heavy atom. The Labute approximate surface area is 170 Å². The first kappa shape index (κ1) is 19.1. The second-order valence-corrected chi connectivity index (χ2v) is 7.24. The van der Waals surface area contributed by atoms with Crippen molar-refractivity contribution in [1.82, 2.24) is 20.1 Å². The molecule has 1 saturated heterocycles. The van der Waals surface area contributed by atoms with Gasteiger partial charge in [-0.25, -0.2) is 0 Å². The zero-order valence-electron chi connectivity index (χ0n) is 16.7. The van der Waals surface area contributed by atoms with Gasteiger partial charge in [0.05, 0.1) is 18.0 Å². The number of nitrogens with one attached hydrogen (secondary N) is 1. The van der Waals surface area contributed by atoms with E-state index in [-0.39, 0.29) is 12.0 Å². The fourth-order valence-electron chi connectivity index (χ4n) is 3.64. The third kappa shape index (κ3) is 4.30. The average Bonchev–Trinajstić information content (AvgIpc) is 3.41. The van der Waals surface area contributed by atoms with Crippen molar-refractivity contribution in [2.75, 3.05) is 25.1 Å². The number of benzene rings is 1. The number of pyridine rings is 1. The molecule has 0 aliphatic carbocycles. The highest BCUT2D eigenvalue weighted by Gasteiger charge is 2.22. The lowest BCUT2D eigenvalue weighted by atomic mass is 10.1. The number of carbonyl (C=O) groups excluding carboxylic acids is 1. The molecule has 0 radical (unpaired) electrons. The van der Waals surface area contributed by atoms with Crippen molar-refractivity contribution in [3.05, 3.63) is 66.1 Å². The Kier molecular flexibility index (Phi) is 5.57. The van der Waals surface area contributed by atoms with E-state index in [0.717, 1.165) is 42.0 Å². The second-order valence-electron chi connectivity index (χ2n) is 7.24. The van der Waals surface area contributed by atoms with E-state index in [4.69, 9.17) is 4.74 Å². The van der Waals surface area contributed by atoms with Gasteiger partial charge in [0.1, 0.15) is 0 Å². The van der Waals surface area contributed by atoms with E-state index in [0.29, 0.717) is 12.1 Å². The number of anilines is 1. The normalized spacial score (nSPS) is 16.2. The number of aromatic nitrogens is 3. The SMILES string of the molecule is COC1CCN(c2ccc(C(=O)NCc3cccnc3-c3cnn(C)c3)cc2)C1. The fraction of sp³-hybridized carbons (Fsp3) is 0.318. The van der Waals surface area contributed by atoms with Gasteiger partial charge in [-0.1, -0.05) is 6.07 Å². The van der Waals surface area contributed by atoms with Crippen molar-refractivity contribution in [2.24, 2.45) is 7.05 Å². The maximum Gasteiger partial charge on any atom is 0.251 e. The van der Waals surface area contributed by atoms with Crippen LogP contribution >= 0.6 is 0 Å². The molecule has 1 amide bonds. The van der Waals surface area contributed by atoms with Gasteiger partial charge < -0.3 is 15.0 Å². The van der Waals surface area contributed by atoms with Gasteiger partial charge in [0.25, 0.3) is 5.91 Å². The number of methoxy groups -OCH3 is 1. The van der Waals surface area contributed by atoms with Crippen LogP contribution in [0.5, 0.6) is 0 Å². The highest BCUT2D eigenvalue weighted by molar-refractivity contribution is 5.94. The van der Waals surface area contributed by atoms with Crippen molar-refractivity contribution in [3.8, 4) is 11.3 Å². The number of amides is 1. The number of hydrogen-bond donors (Lipinski definition) is 1. The van der Waals surface area contributed by atoms with Gasteiger partial charge in [0.15, 0.2) is 0 Å². The van der Waals surface area contributed by atoms with Crippen LogP contribution in [0.3, 0.4) is 0 Å². The van der Waals surface area contributed by atoms with Crippen molar-refractivity contribution in [3.63, 3.8) is 0 Å². The molecule has 7 nitrogen and oxygen atoms in total. The molecule has 1 aliphatic heterocycles. The molecule has 1 unspecified atom stereocenters. The van der Waals surface area contributed by atoms with Gasteiger partial charge in [-0.15, -0.1) is 0 Å². The summed E-state index contributed by atoms with van der Waals surface area (Å²) in [5.74, 6) is -0.103. The topological polar surface area (TPSA) is 72.3 Å². The van der Waals surface area contributed by atoms with Gasteiger partial charge in [0, 0.05) is 63.0 Å². The van der Waals surface area contributed by atoms with Crippen molar-refractivity contribution < 1.29 is 9.53 Å². The smallest absolute Gasteiger partial charge is 0.251 e. The number of rotatable bonds is 6. The van der Waals surface area contributed by atoms with Gasteiger partial charge in [-0.3, -0.25) is 14.5 Å². The van der Waals surface area contributed by atoms with Crippen LogP contribution in [0, 0.1) is 0 Å². The monoisotopic (exact) mass is 391 g/mol. The lowest BCUT2D eigenvalue weighted by molar-refractivity contribution is 0.0951. The molecule has 29 heavy (non-hydrogen) atoms. The molecule has 7 heteroatoms. The van der Waals surface area contributed by atoms with Gasteiger partial charge in [0.2, 0.25) is 0 Å². The van der Waals surface area contributed by atoms with Crippen LogP contribution in [0.4, 0.5) is 5.69 Å². The van der Waals surface area contributed by atoms with Crippen LogP contribution < -0.4 is 10.2 Å². The minimum absolute atomic E-state index is 0.103. The highest BCUT2D eigenvalue weighted by Crippen LogP contribution is 2.23. The molecule has 2 aromatic heterocycles. The first-order valence-electron chi connectivity index (χ1n) is 9.73. The van der Waals surface area contributed by atoms with E-state index < -0.39 is 0 Å². The lowest BCUT2D eigenvalue weighted by Crippen LogP contribution is -2.24. The Bertz CT molecular complexity index is 983. The molecule has 3 aromatic rings. The molecule has 1 aromatic carbocycles. The molecule has 1 N–H and O–H groups in total. The minimum atomic E-state index is -0.103. The minimum Gasteiger partial charge on any atom is -0.380 e. The van der Waals surface area contributed by atoms with Gasteiger partial charge >= 0.3 is 0 Å². The molecule has 1 atom stereocenters. The predicted molar refractivity (Wildman–Crippen MR) is 112 cm³/mol. The van der Waals surface area contributed by atoms with E-state index >= 15 is 0 Å². The van der Waals surface area contributed by atoms with Gasteiger partial charge in [-0.2, -0.15) is 5.10 Å². The van der Waals surface area contributed by atoms with Crippen LogP contribution in [-0.4, -0.2) is 47.0 Å². The third-order valence-corrected chi connectivity index (χ3v) is 5.28. The summed E-state index contributed by atoms with van der Waals surface area (Å²) >= 11 is 0. The number of carbonyl (C=O) groups is 1. The summed E-state index contributed by atoms with van der Waals surface area (Å²) in [5, 5.41) is 7.20. The molecule has 3 heterocycles. The molecule has 150 valence electrons. The van der Waals surface area contributed by atoms with Crippen LogP contribution in [0.1, 0.15) is 22.3 Å². The Morgan fingerprint density at radius 3 is 2.79 bits per heavy atom. The number of nitrogens with zero attached hydrogens (tertiary/aromatic N) is 4. The predicted octanol–water partition coefficient (Wildman–Crippen LogP) is 2.64. The van der Waals surface area contributed by atoms with Crippen LogP contribution in [0.15, 0.2) is 55.0 Å². The molecule has 0 bridgehead atoms. The first-order valence-corrected chi connectivity index (χ1v) is 9.73. The van der Waals surface area contributed by atoms with Crippen LogP contribution in [0.2, 0.25) is 0 Å². The summed E-state index contributed by atoms with van der Waals surface area (Å²) in [6.45, 7) is 2.27.